The molecule has 1 unspecified atom stereocenters. The number of benzene rings is 1. The van der Waals surface area contributed by atoms with Crippen molar-refractivity contribution in [1.82, 2.24) is 24.7 Å². The summed E-state index contributed by atoms with van der Waals surface area (Å²) in [6.07, 6.45) is 3.82. The number of aromatic nitrogens is 2. The maximum Gasteiger partial charge on any atom is 0.237 e. The van der Waals surface area contributed by atoms with Crippen molar-refractivity contribution >= 4 is 11.8 Å². The molecule has 0 aliphatic carbocycles. The quantitative estimate of drug-likeness (QED) is 0.873. The number of carbonyl (C=O) groups excluding carboxylic acids is 2. The van der Waals surface area contributed by atoms with Crippen molar-refractivity contribution in [1.29, 1.82) is 0 Å². The van der Waals surface area contributed by atoms with E-state index in [0.717, 1.165) is 18.8 Å². The van der Waals surface area contributed by atoms with Crippen molar-refractivity contribution in [2.75, 3.05) is 19.6 Å². The lowest BCUT2D eigenvalue weighted by atomic mass is 10.0. The zero-order valence-corrected chi connectivity index (χ0v) is 15.6. The molecule has 0 radical (unpaired) electrons. The predicted molar refractivity (Wildman–Crippen MR) is 101 cm³/mol. The number of carbonyl (C=O) groups is 2. The maximum atomic E-state index is 12.9. The maximum absolute atomic E-state index is 12.9. The predicted octanol–water partition coefficient (Wildman–Crippen LogP) is 0.924. The summed E-state index contributed by atoms with van der Waals surface area (Å²) in [6.45, 7) is 6.12. The molecule has 0 saturated carbocycles. The molecule has 1 N–H and O–H groups in total. The van der Waals surface area contributed by atoms with E-state index in [4.69, 9.17) is 0 Å². The van der Waals surface area contributed by atoms with Crippen molar-refractivity contribution in [3.8, 4) is 0 Å². The third-order valence-electron chi connectivity index (χ3n) is 5.56. The number of nitrogens with one attached hydrogen (secondary N) is 1. The molecule has 7 nitrogen and oxygen atoms in total. The van der Waals surface area contributed by atoms with Crippen molar-refractivity contribution in [3.05, 3.63) is 53.6 Å². The fourth-order valence-corrected chi connectivity index (χ4v) is 3.87. The van der Waals surface area contributed by atoms with E-state index in [-0.39, 0.29) is 18.2 Å². The summed E-state index contributed by atoms with van der Waals surface area (Å²) in [7, 11) is 0. The molecule has 1 saturated heterocycles. The average Bonchev–Trinajstić information content (AvgIpc) is 3.14. The van der Waals surface area contributed by atoms with Gasteiger partial charge in [0.05, 0.1) is 31.0 Å². The smallest absolute Gasteiger partial charge is 0.237 e. The number of piperazine rings is 1. The minimum absolute atomic E-state index is 0.0271. The lowest BCUT2D eigenvalue weighted by Crippen LogP contribution is -2.56. The fraction of sp³-hybridized carbons (Fsp3) is 0.450. The van der Waals surface area contributed by atoms with Crippen LogP contribution in [0.25, 0.3) is 0 Å². The first-order valence-electron chi connectivity index (χ1n) is 9.45. The number of amides is 2. The van der Waals surface area contributed by atoms with E-state index >= 15 is 0 Å². The number of hydrogen-bond donors (Lipinski definition) is 1. The lowest BCUT2D eigenvalue weighted by molar-refractivity contribution is -0.140. The third kappa shape index (κ3) is 3.73. The highest BCUT2D eigenvalue weighted by Gasteiger charge is 2.33. The van der Waals surface area contributed by atoms with E-state index in [9.17, 15) is 9.59 Å². The van der Waals surface area contributed by atoms with Crippen molar-refractivity contribution in [2.24, 2.45) is 0 Å². The van der Waals surface area contributed by atoms with Crippen LogP contribution in [0.15, 0.2) is 36.8 Å². The Kier molecular flexibility index (Phi) is 4.94. The van der Waals surface area contributed by atoms with Crippen molar-refractivity contribution in [3.63, 3.8) is 0 Å². The summed E-state index contributed by atoms with van der Waals surface area (Å²) in [5, 5.41) is 2.92. The SMILES string of the molecule is Cc1ccccc1CN1CCNC(=O)C1CC(=O)N1CCn2cncc2C1. The summed E-state index contributed by atoms with van der Waals surface area (Å²) in [6, 6.07) is 7.79. The van der Waals surface area contributed by atoms with E-state index in [1.54, 1.807) is 12.5 Å². The number of rotatable bonds is 4. The molecule has 142 valence electrons. The Morgan fingerprint density at radius 3 is 2.96 bits per heavy atom. The minimum atomic E-state index is -0.419. The van der Waals surface area contributed by atoms with Crippen LogP contribution in [0, 0.1) is 6.92 Å². The van der Waals surface area contributed by atoms with Gasteiger partial charge in [-0.15, -0.1) is 0 Å². The van der Waals surface area contributed by atoms with Crippen LogP contribution in [0.1, 0.15) is 23.2 Å². The van der Waals surface area contributed by atoms with Crippen LogP contribution in [0.5, 0.6) is 0 Å². The Bertz CT molecular complexity index is 846. The largest absolute Gasteiger partial charge is 0.353 e. The third-order valence-corrected chi connectivity index (χ3v) is 5.56. The van der Waals surface area contributed by atoms with Gasteiger partial charge in [-0.3, -0.25) is 14.5 Å². The molecule has 1 fully saturated rings. The van der Waals surface area contributed by atoms with Gasteiger partial charge in [-0.1, -0.05) is 24.3 Å². The van der Waals surface area contributed by atoms with E-state index in [0.29, 0.717) is 26.2 Å². The van der Waals surface area contributed by atoms with Gasteiger partial charge in [0.2, 0.25) is 11.8 Å². The number of nitrogens with zero attached hydrogens (tertiary/aromatic N) is 4. The van der Waals surface area contributed by atoms with Gasteiger partial charge in [0, 0.05) is 38.9 Å². The molecule has 0 spiro atoms. The first-order valence-corrected chi connectivity index (χ1v) is 9.45. The summed E-state index contributed by atoms with van der Waals surface area (Å²) >= 11 is 0. The second-order valence-electron chi connectivity index (χ2n) is 7.30. The first-order chi connectivity index (χ1) is 13.1. The van der Waals surface area contributed by atoms with Crippen molar-refractivity contribution in [2.45, 2.75) is 39.0 Å². The topological polar surface area (TPSA) is 70.5 Å². The molecule has 2 aliphatic heterocycles. The van der Waals surface area contributed by atoms with Crippen molar-refractivity contribution < 1.29 is 9.59 Å². The minimum Gasteiger partial charge on any atom is -0.353 e. The Balaban J connectivity index is 1.45. The fourth-order valence-electron chi connectivity index (χ4n) is 3.87. The Morgan fingerprint density at radius 2 is 2.11 bits per heavy atom. The molecule has 27 heavy (non-hydrogen) atoms. The zero-order valence-electron chi connectivity index (χ0n) is 15.6. The normalized spacial score (nSPS) is 20.3. The number of hydrogen-bond acceptors (Lipinski definition) is 4. The van der Waals surface area contributed by atoms with Gasteiger partial charge in [-0.2, -0.15) is 0 Å². The van der Waals surface area contributed by atoms with E-state index in [1.807, 2.05) is 17.0 Å². The molecular formula is C20H25N5O2. The van der Waals surface area contributed by atoms with Gasteiger partial charge in [-0.25, -0.2) is 4.98 Å². The van der Waals surface area contributed by atoms with Crippen LogP contribution in [-0.4, -0.2) is 56.8 Å². The molecule has 1 aromatic carbocycles. The van der Waals surface area contributed by atoms with Gasteiger partial charge in [-0.05, 0) is 18.1 Å². The molecule has 1 atom stereocenters. The van der Waals surface area contributed by atoms with Crippen LogP contribution < -0.4 is 5.32 Å². The highest BCUT2D eigenvalue weighted by molar-refractivity contribution is 5.88. The molecule has 4 rings (SSSR count). The zero-order chi connectivity index (χ0) is 18.8. The van der Waals surface area contributed by atoms with Crippen LogP contribution >= 0.6 is 0 Å². The lowest BCUT2D eigenvalue weighted by Gasteiger charge is -2.36. The number of aryl methyl sites for hydroxylation is 1. The second-order valence-corrected chi connectivity index (χ2v) is 7.30. The second kappa shape index (κ2) is 7.52. The van der Waals surface area contributed by atoms with Gasteiger partial charge < -0.3 is 14.8 Å². The molecule has 0 bridgehead atoms. The average molecular weight is 367 g/mol. The molecule has 2 amide bonds. The van der Waals surface area contributed by atoms with E-state index < -0.39 is 6.04 Å². The Hall–Kier alpha value is -2.67. The summed E-state index contributed by atoms with van der Waals surface area (Å²) < 4.78 is 2.07. The van der Waals surface area contributed by atoms with Gasteiger partial charge >= 0.3 is 0 Å². The molecule has 7 heteroatoms. The molecule has 1 aromatic heterocycles. The molecule has 3 heterocycles. The summed E-state index contributed by atoms with van der Waals surface area (Å²) in [4.78, 5) is 33.5. The van der Waals surface area contributed by atoms with Crippen LogP contribution in [0.4, 0.5) is 0 Å². The van der Waals surface area contributed by atoms with Crippen LogP contribution in [0.3, 0.4) is 0 Å². The Labute approximate surface area is 159 Å². The summed E-state index contributed by atoms with van der Waals surface area (Å²) in [5.74, 6) is -0.0236. The monoisotopic (exact) mass is 367 g/mol. The first kappa shape index (κ1) is 17.7. The highest BCUT2D eigenvalue weighted by Crippen LogP contribution is 2.19. The van der Waals surface area contributed by atoms with Crippen LogP contribution in [0.2, 0.25) is 0 Å². The summed E-state index contributed by atoms with van der Waals surface area (Å²) in [5.41, 5.74) is 3.45. The number of fused-ring (bicyclic) bond motifs is 1. The van der Waals surface area contributed by atoms with E-state index in [1.165, 1.54) is 11.1 Å². The van der Waals surface area contributed by atoms with Gasteiger partial charge in [0.15, 0.2) is 0 Å². The molecule has 2 aromatic rings. The molecule has 2 aliphatic rings. The van der Waals surface area contributed by atoms with Gasteiger partial charge in [0.1, 0.15) is 0 Å². The van der Waals surface area contributed by atoms with Gasteiger partial charge in [0.25, 0.3) is 0 Å². The number of imidazole rings is 1. The van der Waals surface area contributed by atoms with Crippen LogP contribution in [-0.2, 0) is 29.2 Å². The Morgan fingerprint density at radius 1 is 1.26 bits per heavy atom. The standard InChI is InChI=1S/C20H25N5O2/c1-15-4-2-3-5-16(15)12-23-7-6-22-20(27)18(23)10-19(26)24-8-9-25-14-21-11-17(25)13-24/h2-5,11,14,18H,6-10,12-13H2,1H3,(H,22,27). The highest BCUT2D eigenvalue weighted by atomic mass is 16.2. The molecular weight excluding hydrogens is 342 g/mol. The van der Waals surface area contributed by atoms with E-state index in [2.05, 4.69) is 38.8 Å².